The summed E-state index contributed by atoms with van der Waals surface area (Å²) in [5.41, 5.74) is 5.79. The number of aliphatic hydroxyl groups is 2. The molecule has 17 heavy (non-hydrogen) atoms. The fraction of sp³-hybridized carbons (Fsp3) is 0.417. The maximum Gasteiger partial charge on any atom is 0.163 e. The molecule has 2 atom stereocenters. The van der Waals surface area contributed by atoms with Crippen molar-refractivity contribution in [1.29, 1.82) is 0 Å². The number of aliphatic hydroxyl groups excluding tert-OH is 2. The number of benzene rings is 1. The van der Waals surface area contributed by atoms with Crippen molar-refractivity contribution in [3.8, 4) is 5.75 Å². The summed E-state index contributed by atoms with van der Waals surface area (Å²) in [6.45, 7) is 1.58. The van der Waals surface area contributed by atoms with Crippen LogP contribution in [0, 0.1) is 0 Å². The number of nitrogens with two attached hydrogens (primary N) is 1. The largest absolute Gasteiger partial charge is 0.507 e. The van der Waals surface area contributed by atoms with Crippen LogP contribution < -0.4 is 5.73 Å². The Balaban J connectivity index is 2.99. The standard InChI is InChI=1S/C12H17NO4/c1-7(14)9-6-8(2-3-10(9)15)12(17)11(16)4-5-13/h2-3,6,11-12,15-17H,4-5,13H2,1H3. The lowest BCUT2D eigenvalue weighted by molar-refractivity contribution is 0.0149. The summed E-state index contributed by atoms with van der Waals surface area (Å²) < 4.78 is 0. The number of phenolic OH excluding ortho intramolecular Hbond substituents is 1. The second-order valence-electron chi connectivity index (χ2n) is 3.92. The second kappa shape index (κ2) is 5.77. The topological polar surface area (TPSA) is 104 Å². The summed E-state index contributed by atoms with van der Waals surface area (Å²) >= 11 is 0. The molecule has 2 unspecified atom stereocenters. The Morgan fingerprint density at radius 3 is 2.59 bits per heavy atom. The van der Waals surface area contributed by atoms with Crippen LogP contribution in [-0.4, -0.2) is 33.8 Å². The van der Waals surface area contributed by atoms with Crippen molar-refractivity contribution < 1.29 is 20.1 Å². The third-order valence-electron chi connectivity index (χ3n) is 2.57. The van der Waals surface area contributed by atoms with Crippen LogP contribution in [0.15, 0.2) is 18.2 Å². The summed E-state index contributed by atoms with van der Waals surface area (Å²) in [6, 6.07) is 4.17. The lowest BCUT2D eigenvalue weighted by Gasteiger charge is -2.18. The molecule has 5 heteroatoms. The maximum absolute atomic E-state index is 11.2. The number of carbonyl (C=O) groups is 1. The molecule has 0 bridgehead atoms. The van der Waals surface area contributed by atoms with Gasteiger partial charge in [0.2, 0.25) is 0 Å². The molecule has 1 rings (SSSR count). The molecule has 1 aromatic rings. The zero-order chi connectivity index (χ0) is 13.0. The van der Waals surface area contributed by atoms with Crippen LogP contribution in [0.1, 0.15) is 35.4 Å². The van der Waals surface area contributed by atoms with Gasteiger partial charge in [-0.2, -0.15) is 0 Å². The molecule has 0 radical (unpaired) electrons. The first-order chi connectivity index (χ1) is 7.97. The highest BCUT2D eigenvalue weighted by Crippen LogP contribution is 2.25. The summed E-state index contributed by atoms with van der Waals surface area (Å²) in [7, 11) is 0. The van der Waals surface area contributed by atoms with Gasteiger partial charge in [-0.1, -0.05) is 6.07 Å². The smallest absolute Gasteiger partial charge is 0.163 e. The van der Waals surface area contributed by atoms with Crippen molar-refractivity contribution in [2.45, 2.75) is 25.6 Å². The fourth-order valence-corrected chi connectivity index (χ4v) is 1.57. The maximum atomic E-state index is 11.2. The Morgan fingerprint density at radius 1 is 1.41 bits per heavy atom. The number of rotatable bonds is 5. The minimum atomic E-state index is -1.11. The van der Waals surface area contributed by atoms with Crippen molar-refractivity contribution >= 4 is 5.78 Å². The number of ketones is 1. The van der Waals surface area contributed by atoms with Gasteiger partial charge in [0.1, 0.15) is 11.9 Å². The third-order valence-corrected chi connectivity index (χ3v) is 2.57. The van der Waals surface area contributed by atoms with Crippen LogP contribution in [0.4, 0.5) is 0 Å². The van der Waals surface area contributed by atoms with E-state index in [0.29, 0.717) is 5.56 Å². The van der Waals surface area contributed by atoms with E-state index in [9.17, 15) is 20.1 Å². The molecular formula is C12H17NO4. The number of aromatic hydroxyl groups is 1. The average molecular weight is 239 g/mol. The minimum absolute atomic E-state index is 0.126. The highest BCUT2D eigenvalue weighted by molar-refractivity contribution is 5.96. The average Bonchev–Trinajstić information content (AvgIpc) is 2.28. The number of Topliss-reactive ketones (excluding diaryl/α,β-unsaturated/α-hetero) is 1. The molecule has 5 N–H and O–H groups in total. The summed E-state index contributed by atoms with van der Waals surface area (Å²) in [4.78, 5) is 11.2. The predicted molar refractivity (Wildman–Crippen MR) is 62.7 cm³/mol. The van der Waals surface area contributed by atoms with Crippen LogP contribution in [0.2, 0.25) is 0 Å². The Labute approximate surface area is 99.5 Å². The van der Waals surface area contributed by atoms with Crippen LogP contribution in [0.3, 0.4) is 0 Å². The molecule has 0 amide bonds. The SMILES string of the molecule is CC(=O)c1cc(C(O)C(O)CCN)ccc1O. The Hall–Kier alpha value is -1.43. The lowest BCUT2D eigenvalue weighted by Crippen LogP contribution is -2.21. The minimum Gasteiger partial charge on any atom is -0.507 e. The predicted octanol–water partition coefficient (Wildman–Crippen LogP) is 0.338. The van der Waals surface area contributed by atoms with Crippen LogP contribution in [0.25, 0.3) is 0 Å². The second-order valence-corrected chi connectivity index (χ2v) is 3.92. The van der Waals surface area contributed by atoms with Gasteiger partial charge >= 0.3 is 0 Å². The van der Waals surface area contributed by atoms with Crippen LogP contribution in [-0.2, 0) is 0 Å². The lowest BCUT2D eigenvalue weighted by atomic mass is 9.98. The van der Waals surface area contributed by atoms with Crippen molar-refractivity contribution in [3.05, 3.63) is 29.3 Å². The fourth-order valence-electron chi connectivity index (χ4n) is 1.57. The van der Waals surface area contributed by atoms with Gasteiger partial charge in [0, 0.05) is 0 Å². The van der Waals surface area contributed by atoms with E-state index in [2.05, 4.69) is 0 Å². The molecule has 1 aromatic carbocycles. The van der Waals surface area contributed by atoms with E-state index in [1.165, 1.54) is 25.1 Å². The van der Waals surface area contributed by atoms with E-state index in [1.807, 2.05) is 0 Å². The Kier molecular flexibility index (Phi) is 4.62. The van der Waals surface area contributed by atoms with Gasteiger partial charge in [-0.15, -0.1) is 0 Å². The van der Waals surface area contributed by atoms with Crippen molar-refractivity contribution in [2.75, 3.05) is 6.54 Å². The van der Waals surface area contributed by atoms with Gasteiger partial charge in [0.05, 0.1) is 11.7 Å². The first-order valence-corrected chi connectivity index (χ1v) is 5.37. The molecule has 0 spiro atoms. The quantitative estimate of drug-likeness (QED) is 0.555. The van der Waals surface area contributed by atoms with Crippen LogP contribution >= 0.6 is 0 Å². The molecule has 0 saturated carbocycles. The molecule has 0 aliphatic rings. The molecule has 0 saturated heterocycles. The van der Waals surface area contributed by atoms with Crippen LogP contribution in [0.5, 0.6) is 5.75 Å². The molecular weight excluding hydrogens is 222 g/mol. The molecule has 0 heterocycles. The van der Waals surface area contributed by atoms with E-state index in [0.717, 1.165) is 0 Å². The Bertz CT molecular complexity index is 405. The summed E-state index contributed by atoms with van der Waals surface area (Å²) in [6.07, 6.45) is -1.83. The molecule has 0 aliphatic carbocycles. The van der Waals surface area contributed by atoms with Crippen molar-refractivity contribution in [1.82, 2.24) is 0 Å². The van der Waals surface area contributed by atoms with Gasteiger partial charge in [0.15, 0.2) is 5.78 Å². The van der Waals surface area contributed by atoms with Crippen molar-refractivity contribution in [3.63, 3.8) is 0 Å². The highest BCUT2D eigenvalue weighted by atomic mass is 16.3. The molecule has 0 aromatic heterocycles. The first-order valence-electron chi connectivity index (χ1n) is 5.37. The van der Waals surface area contributed by atoms with Crippen molar-refractivity contribution in [2.24, 2.45) is 5.73 Å². The first kappa shape index (κ1) is 13.6. The van der Waals surface area contributed by atoms with Gasteiger partial charge in [-0.25, -0.2) is 0 Å². The normalized spacial score (nSPS) is 14.4. The number of phenols is 1. The highest BCUT2D eigenvalue weighted by Gasteiger charge is 2.19. The van der Waals surface area contributed by atoms with E-state index in [1.54, 1.807) is 0 Å². The van der Waals surface area contributed by atoms with E-state index in [-0.39, 0.29) is 30.1 Å². The molecule has 5 nitrogen and oxygen atoms in total. The van der Waals surface area contributed by atoms with E-state index < -0.39 is 12.2 Å². The molecule has 0 aliphatic heterocycles. The van der Waals surface area contributed by atoms with Gasteiger partial charge < -0.3 is 21.1 Å². The molecule has 94 valence electrons. The zero-order valence-electron chi connectivity index (χ0n) is 9.63. The number of carbonyl (C=O) groups excluding carboxylic acids is 1. The van der Waals surface area contributed by atoms with Gasteiger partial charge in [-0.3, -0.25) is 4.79 Å². The number of hydrogen-bond acceptors (Lipinski definition) is 5. The Morgan fingerprint density at radius 2 is 2.06 bits per heavy atom. The van der Waals surface area contributed by atoms with E-state index in [4.69, 9.17) is 5.73 Å². The zero-order valence-corrected chi connectivity index (χ0v) is 9.63. The summed E-state index contributed by atoms with van der Waals surface area (Å²) in [5.74, 6) is -0.438. The third kappa shape index (κ3) is 3.26. The van der Waals surface area contributed by atoms with E-state index >= 15 is 0 Å². The monoisotopic (exact) mass is 239 g/mol. The van der Waals surface area contributed by atoms with Gasteiger partial charge in [0.25, 0.3) is 0 Å². The summed E-state index contributed by atoms with van der Waals surface area (Å²) in [5, 5.41) is 28.9. The van der Waals surface area contributed by atoms with Gasteiger partial charge in [-0.05, 0) is 37.6 Å². The number of hydrogen-bond donors (Lipinski definition) is 4. The molecule has 0 fully saturated rings.